The van der Waals surface area contributed by atoms with Crippen LogP contribution < -0.4 is 0 Å². The predicted molar refractivity (Wildman–Crippen MR) is 40.4 cm³/mol. The van der Waals surface area contributed by atoms with Crippen molar-refractivity contribution in [2.75, 3.05) is 0 Å². The van der Waals surface area contributed by atoms with Crippen molar-refractivity contribution in [2.24, 2.45) is 0 Å². The van der Waals surface area contributed by atoms with E-state index in [1.54, 1.807) is 13.8 Å². The maximum absolute atomic E-state index is 10.7. The Hall–Kier alpha value is -1.04. The largest absolute Gasteiger partial charge is 0.459 e. The number of ether oxygens (including phenoxy) is 1. The molecule has 0 rings (SSSR count). The zero-order valence-electron chi connectivity index (χ0n) is 6.89. The Morgan fingerprint density at radius 3 is 2.64 bits per heavy atom. The Morgan fingerprint density at radius 1 is 1.73 bits per heavy atom. The molecule has 0 N–H and O–H groups in total. The fraction of sp³-hybridized carbons (Fsp3) is 0.625. The molecular weight excluding hydrogens is 142 g/mol. The topological polar surface area (TPSA) is 50.1 Å². The monoisotopic (exact) mass is 154 g/mol. The molecule has 1 radical (unpaired) electrons. The van der Waals surface area contributed by atoms with E-state index in [1.807, 2.05) is 6.07 Å². The minimum atomic E-state index is -0.677. The van der Waals surface area contributed by atoms with Gasteiger partial charge < -0.3 is 4.74 Å². The Balaban J connectivity index is 3.92. The summed E-state index contributed by atoms with van der Waals surface area (Å²) in [6.07, 6.45) is 0.313. The zero-order valence-corrected chi connectivity index (χ0v) is 6.89. The molecule has 0 unspecified atom stereocenters. The van der Waals surface area contributed by atoms with Gasteiger partial charge >= 0.3 is 5.97 Å². The SMILES string of the molecule is [CH2]CC(=O)OC(C)(C)CC#N. The van der Waals surface area contributed by atoms with Crippen LogP contribution >= 0.6 is 0 Å². The minimum absolute atomic E-state index is 0.106. The molecule has 0 saturated carbocycles. The van der Waals surface area contributed by atoms with E-state index in [0.717, 1.165) is 0 Å². The number of esters is 1. The summed E-state index contributed by atoms with van der Waals surface area (Å²) in [5.41, 5.74) is -0.677. The number of rotatable bonds is 3. The maximum atomic E-state index is 10.7. The minimum Gasteiger partial charge on any atom is -0.459 e. The first-order valence-corrected chi connectivity index (χ1v) is 3.40. The lowest BCUT2D eigenvalue weighted by Crippen LogP contribution is -2.27. The molecule has 0 fully saturated rings. The van der Waals surface area contributed by atoms with Gasteiger partial charge in [-0.2, -0.15) is 5.26 Å². The molecule has 0 aliphatic heterocycles. The van der Waals surface area contributed by atoms with E-state index in [2.05, 4.69) is 6.92 Å². The fourth-order valence-electron chi connectivity index (χ4n) is 0.586. The van der Waals surface area contributed by atoms with Crippen molar-refractivity contribution in [1.82, 2.24) is 0 Å². The van der Waals surface area contributed by atoms with Gasteiger partial charge in [-0.1, -0.05) is 0 Å². The molecule has 0 spiro atoms. The highest BCUT2D eigenvalue weighted by Gasteiger charge is 2.21. The molecule has 11 heavy (non-hydrogen) atoms. The quantitative estimate of drug-likeness (QED) is 0.578. The Labute approximate surface area is 67.0 Å². The summed E-state index contributed by atoms with van der Waals surface area (Å²) < 4.78 is 4.90. The molecule has 0 atom stereocenters. The fourth-order valence-corrected chi connectivity index (χ4v) is 0.586. The normalized spacial score (nSPS) is 10.4. The van der Waals surface area contributed by atoms with E-state index in [-0.39, 0.29) is 18.8 Å². The van der Waals surface area contributed by atoms with Crippen LogP contribution in [0, 0.1) is 18.3 Å². The maximum Gasteiger partial charge on any atom is 0.306 e. The van der Waals surface area contributed by atoms with Gasteiger partial charge in [0.05, 0.1) is 12.5 Å². The number of hydrogen-bond donors (Lipinski definition) is 0. The second kappa shape index (κ2) is 3.97. The third-order valence-corrected chi connectivity index (χ3v) is 1.10. The van der Waals surface area contributed by atoms with Crippen molar-refractivity contribution in [2.45, 2.75) is 32.3 Å². The van der Waals surface area contributed by atoms with Crippen LogP contribution in [0.25, 0.3) is 0 Å². The van der Waals surface area contributed by atoms with E-state index in [9.17, 15) is 4.79 Å². The van der Waals surface area contributed by atoms with Gasteiger partial charge in [0, 0.05) is 6.42 Å². The lowest BCUT2D eigenvalue weighted by atomic mass is 10.1. The number of carbonyl (C=O) groups excluding carboxylic acids is 1. The van der Waals surface area contributed by atoms with E-state index < -0.39 is 5.60 Å². The molecule has 0 saturated heterocycles. The van der Waals surface area contributed by atoms with E-state index in [0.29, 0.717) is 0 Å². The van der Waals surface area contributed by atoms with Gasteiger partial charge in [-0.3, -0.25) is 4.79 Å². The second-order valence-electron chi connectivity index (χ2n) is 2.82. The average molecular weight is 154 g/mol. The Kier molecular flexibility index (Phi) is 3.59. The number of carbonyl (C=O) groups is 1. The lowest BCUT2D eigenvalue weighted by Gasteiger charge is -2.21. The van der Waals surface area contributed by atoms with Crippen LogP contribution in [0.5, 0.6) is 0 Å². The summed E-state index contributed by atoms with van der Waals surface area (Å²) in [4.78, 5) is 10.7. The van der Waals surface area contributed by atoms with Crippen LogP contribution in [-0.2, 0) is 9.53 Å². The van der Waals surface area contributed by atoms with Crippen LogP contribution in [0.15, 0.2) is 0 Å². The summed E-state index contributed by atoms with van der Waals surface area (Å²) in [5, 5.41) is 8.33. The van der Waals surface area contributed by atoms with Crippen molar-refractivity contribution in [1.29, 1.82) is 5.26 Å². The average Bonchev–Trinajstić information content (AvgIpc) is 1.86. The molecule has 0 aromatic heterocycles. The molecule has 61 valence electrons. The van der Waals surface area contributed by atoms with Crippen LogP contribution in [0.3, 0.4) is 0 Å². The highest BCUT2D eigenvalue weighted by Crippen LogP contribution is 2.13. The predicted octanol–water partition coefficient (Wildman–Crippen LogP) is 1.45. The first-order valence-electron chi connectivity index (χ1n) is 3.40. The summed E-state index contributed by atoms with van der Waals surface area (Å²) in [5.74, 6) is -0.370. The summed E-state index contributed by atoms with van der Waals surface area (Å²) >= 11 is 0. The van der Waals surface area contributed by atoms with Crippen molar-refractivity contribution < 1.29 is 9.53 Å². The van der Waals surface area contributed by atoms with Crippen molar-refractivity contribution >= 4 is 5.97 Å². The summed E-state index contributed by atoms with van der Waals surface area (Å²) in [6, 6.07) is 1.94. The van der Waals surface area contributed by atoms with E-state index in [1.165, 1.54) is 0 Å². The molecule has 0 aliphatic carbocycles. The van der Waals surface area contributed by atoms with Crippen molar-refractivity contribution in [3.8, 4) is 6.07 Å². The molecule has 3 heteroatoms. The van der Waals surface area contributed by atoms with Gasteiger partial charge in [-0.15, -0.1) is 0 Å². The van der Waals surface area contributed by atoms with Crippen molar-refractivity contribution in [3.63, 3.8) is 0 Å². The van der Waals surface area contributed by atoms with Crippen LogP contribution in [0.2, 0.25) is 0 Å². The van der Waals surface area contributed by atoms with Gasteiger partial charge in [-0.25, -0.2) is 0 Å². The van der Waals surface area contributed by atoms with Gasteiger partial charge in [-0.05, 0) is 20.8 Å². The van der Waals surface area contributed by atoms with Gasteiger partial charge in [0.15, 0.2) is 0 Å². The van der Waals surface area contributed by atoms with Gasteiger partial charge in [0.25, 0.3) is 0 Å². The summed E-state index contributed by atoms with van der Waals surface area (Å²) in [7, 11) is 0. The second-order valence-corrected chi connectivity index (χ2v) is 2.82. The first-order chi connectivity index (χ1) is 5.02. The standard InChI is InChI=1S/C8H12NO2/c1-4-7(10)11-8(2,3)5-6-9/h1,4-5H2,2-3H3. The molecule has 3 nitrogen and oxygen atoms in total. The zero-order chi connectivity index (χ0) is 8.91. The number of nitriles is 1. The third-order valence-electron chi connectivity index (χ3n) is 1.10. The van der Waals surface area contributed by atoms with Crippen LogP contribution in [-0.4, -0.2) is 11.6 Å². The highest BCUT2D eigenvalue weighted by atomic mass is 16.6. The molecule has 0 aromatic rings. The number of nitrogens with zero attached hydrogens (tertiary/aromatic N) is 1. The molecule has 0 amide bonds. The molecular formula is C8H12NO2. The van der Waals surface area contributed by atoms with Gasteiger partial charge in [0.2, 0.25) is 0 Å². The highest BCUT2D eigenvalue weighted by molar-refractivity contribution is 5.70. The Morgan fingerprint density at radius 2 is 2.27 bits per heavy atom. The van der Waals surface area contributed by atoms with Crippen molar-refractivity contribution in [3.05, 3.63) is 6.92 Å². The Bertz CT molecular complexity index is 179. The van der Waals surface area contributed by atoms with Gasteiger partial charge in [0.1, 0.15) is 5.60 Å². The third kappa shape index (κ3) is 4.38. The molecule has 0 heterocycles. The van der Waals surface area contributed by atoms with E-state index >= 15 is 0 Å². The first kappa shape index (κ1) is 9.96. The van der Waals surface area contributed by atoms with E-state index in [4.69, 9.17) is 10.00 Å². The van der Waals surface area contributed by atoms with Crippen LogP contribution in [0.4, 0.5) is 0 Å². The van der Waals surface area contributed by atoms with Crippen LogP contribution in [0.1, 0.15) is 26.7 Å². The molecule has 0 aromatic carbocycles. The molecule has 0 bridgehead atoms. The lowest BCUT2D eigenvalue weighted by molar-refractivity contribution is -0.154. The molecule has 0 aliphatic rings. The number of hydrogen-bond acceptors (Lipinski definition) is 3. The smallest absolute Gasteiger partial charge is 0.306 e. The summed E-state index contributed by atoms with van der Waals surface area (Å²) in [6.45, 7) is 6.77.